The normalized spacial score (nSPS) is 11.4. The summed E-state index contributed by atoms with van der Waals surface area (Å²) in [4.78, 5) is 0. The van der Waals surface area contributed by atoms with Crippen LogP contribution in [0.5, 0.6) is 0 Å². The molecule has 0 aliphatic carbocycles. The first-order valence-corrected chi connectivity index (χ1v) is 8.50. The van der Waals surface area contributed by atoms with E-state index in [1.165, 1.54) is 0 Å². The van der Waals surface area contributed by atoms with Crippen molar-refractivity contribution in [1.82, 2.24) is 0 Å². The van der Waals surface area contributed by atoms with E-state index in [4.69, 9.17) is 27.7 Å². The van der Waals surface area contributed by atoms with Gasteiger partial charge in [0, 0.05) is 40.3 Å². The fourth-order valence-corrected chi connectivity index (χ4v) is 3.33. The van der Waals surface area contributed by atoms with Crippen LogP contribution in [0.2, 0.25) is 0 Å². The highest BCUT2D eigenvalue weighted by Gasteiger charge is 2.41. The molecular weight excluding hydrogens is 324 g/mol. The van der Waals surface area contributed by atoms with E-state index in [-0.39, 0.29) is 0 Å². The van der Waals surface area contributed by atoms with Crippen molar-refractivity contribution in [2.45, 2.75) is 5.60 Å². The van der Waals surface area contributed by atoms with Crippen LogP contribution in [0.4, 0.5) is 17.1 Å². The molecule has 0 spiro atoms. The van der Waals surface area contributed by atoms with Crippen LogP contribution in [0, 0.1) is 0 Å². The Morgan fingerprint density at radius 3 is 1.27 bits per heavy atom. The number of anilines is 3. The van der Waals surface area contributed by atoms with Crippen molar-refractivity contribution in [3.05, 3.63) is 89.5 Å². The summed E-state index contributed by atoms with van der Waals surface area (Å²) in [5.41, 5.74) is 27.9. The van der Waals surface area contributed by atoms with Gasteiger partial charge in [-0.2, -0.15) is 0 Å². The average Bonchev–Trinajstić information content (AvgIpc) is 2.65. The minimum absolute atomic E-state index is 0.316. The molecule has 0 amide bonds. The summed E-state index contributed by atoms with van der Waals surface area (Å²) in [6, 6.07) is 22.7. The monoisotopic (exact) mass is 348 g/mol. The quantitative estimate of drug-likeness (QED) is 0.404. The molecule has 0 bridgehead atoms. The van der Waals surface area contributed by atoms with E-state index in [0.717, 1.165) is 16.7 Å². The second-order valence-electron chi connectivity index (χ2n) is 6.08. The zero-order chi connectivity index (χ0) is 18.6. The predicted molar refractivity (Wildman–Crippen MR) is 107 cm³/mol. The molecule has 134 valence electrons. The van der Waals surface area contributed by atoms with Gasteiger partial charge in [-0.1, -0.05) is 54.6 Å². The first-order chi connectivity index (χ1) is 12.6. The molecule has 0 aliphatic heterocycles. The average molecular weight is 348 g/mol. The number of para-hydroxylation sites is 3. The lowest BCUT2D eigenvalue weighted by atomic mass is 9.77. The van der Waals surface area contributed by atoms with E-state index in [1.807, 2.05) is 72.8 Å². The second kappa shape index (κ2) is 7.47. The highest BCUT2D eigenvalue weighted by molar-refractivity contribution is 5.68. The molecule has 0 unspecified atom stereocenters. The van der Waals surface area contributed by atoms with Crippen molar-refractivity contribution < 1.29 is 4.74 Å². The smallest absolute Gasteiger partial charge is 0.149 e. The Balaban J connectivity index is 2.41. The summed E-state index contributed by atoms with van der Waals surface area (Å²) in [5.74, 6) is 0. The van der Waals surface area contributed by atoms with Gasteiger partial charge in [0.1, 0.15) is 5.60 Å². The van der Waals surface area contributed by atoms with Crippen molar-refractivity contribution >= 4 is 17.1 Å². The van der Waals surface area contributed by atoms with Crippen molar-refractivity contribution in [2.24, 2.45) is 5.73 Å². The summed E-state index contributed by atoms with van der Waals surface area (Å²) >= 11 is 0. The molecule has 26 heavy (non-hydrogen) atoms. The van der Waals surface area contributed by atoms with Gasteiger partial charge < -0.3 is 27.7 Å². The number of ether oxygens (including phenoxy) is 1. The van der Waals surface area contributed by atoms with Crippen molar-refractivity contribution in [2.75, 3.05) is 30.4 Å². The van der Waals surface area contributed by atoms with Crippen molar-refractivity contribution in [1.29, 1.82) is 0 Å². The summed E-state index contributed by atoms with van der Waals surface area (Å²) in [6.07, 6.45) is 0. The van der Waals surface area contributed by atoms with Gasteiger partial charge in [-0.15, -0.1) is 0 Å². The van der Waals surface area contributed by atoms with Crippen LogP contribution >= 0.6 is 0 Å². The number of hydrogen-bond donors (Lipinski definition) is 4. The molecule has 0 aliphatic rings. The highest BCUT2D eigenvalue weighted by atomic mass is 16.5. The summed E-state index contributed by atoms with van der Waals surface area (Å²) in [5, 5.41) is 0. The molecule has 0 aromatic heterocycles. The molecule has 8 N–H and O–H groups in total. The van der Waals surface area contributed by atoms with Crippen molar-refractivity contribution in [3.63, 3.8) is 0 Å². The Labute approximate surface area is 153 Å². The standard InChI is InChI=1S/C21H24N4O/c22-13-14-26-21(15-7-1-4-10-18(15)23,16-8-2-5-11-19(16)24)17-9-3-6-12-20(17)25/h1-12H,13-14,22-25H2. The van der Waals surface area contributed by atoms with Gasteiger partial charge in [-0.05, 0) is 18.2 Å². The van der Waals surface area contributed by atoms with E-state index in [2.05, 4.69) is 0 Å². The summed E-state index contributed by atoms with van der Waals surface area (Å²) in [7, 11) is 0. The number of nitrogen functional groups attached to an aromatic ring is 3. The van der Waals surface area contributed by atoms with Crippen LogP contribution in [-0.2, 0) is 10.3 Å². The third kappa shape index (κ3) is 2.98. The minimum Gasteiger partial charge on any atom is -0.398 e. The SMILES string of the molecule is NCCOC(c1ccccc1N)(c1ccccc1N)c1ccccc1N. The molecule has 0 atom stereocenters. The number of nitrogens with two attached hydrogens (primary N) is 4. The zero-order valence-corrected chi connectivity index (χ0v) is 14.6. The molecule has 3 aromatic rings. The Kier molecular flexibility index (Phi) is 5.11. The van der Waals surface area contributed by atoms with Crippen LogP contribution in [0.15, 0.2) is 72.8 Å². The lowest BCUT2D eigenvalue weighted by Gasteiger charge is -2.38. The van der Waals surface area contributed by atoms with Crippen LogP contribution in [0.3, 0.4) is 0 Å². The Morgan fingerprint density at radius 2 is 0.962 bits per heavy atom. The molecule has 0 radical (unpaired) electrons. The van der Waals surface area contributed by atoms with Gasteiger partial charge in [-0.3, -0.25) is 0 Å². The molecule has 5 heteroatoms. The van der Waals surface area contributed by atoms with Crippen LogP contribution in [0.25, 0.3) is 0 Å². The van der Waals surface area contributed by atoms with E-state index >= 15 is 0 Å². The van der Waals surface area contributed by atoms with Gasteiger partial charge in [0.25, 0.3) is 0 Å². The predicted octanol–water partition coefficient (Wildman–Crippen LogP) is 2.70. The van der Waals surface area contributed by atoms with Crippen LogP contribution in [0.1, 0.15) is 16.7 Å². The zero-order valence-electron chi connectivity index (χ0n) is 14.6. The summed E-state index contributed by atoms with van der Waals surface area (Å²) in [6.45, 7) is 0.672. The van der Waals surface area contributed by atoms with Gasteiger partial charge in [0.2, 0.25) is 0 Å². The number of hydrogen-bond acceptors (Lipinski definition) is 5. The lowest BCUT2D eigenvalue weighted by molar-refractivity contribution is 0.0195. The van der Waals surface area contributed by atoms with Gasteiger partial charge in [0.15, 0.2) is 0 Å². The number of rotatable bonds is 6. The third-order valence-corrected chi connectivity index (χ3v) is 4.46. The van der Waals surface area contributed by atoms with Crippen LogP contribution < -0.4 is 22.9 Å². The third-order valence-electron chi connectivity index (χ3n) is 4.46. The van der Waals surface area contributed by atoms with E-state index in [0.29, 0.717) is 30.2 Å². The van der Waals surface area contributed by atoms with E-state index in [1.54, 1.807) is 0 Å². The maximum absolute atomic E-state index is 6.41. The fraction of sp³-hybridized carbons (Fsp3) is 0.143. The maximum atomic E-state index is 6.41. The Hall–Kier alpha value is -3.02. The largest absolute Gasteiger partial charge is 0.398 e. The highest BCUT2D eigenvalue weighted by Crippen LogP contribution is 2.46. The fourth-order valence-electron chi connectivity index (χ4n) is 3.33. The molecule has 0 saturated heterocycles. The van der Waals surface area contributed by atoms with Gasteiger partial charge >= 0.3 is 0 Å². The number of benzene rings is 3. The van der Waals surface area contributed by atoms with Gasteiger partial charge in [0.05, 0.1) is 6.61 Å². The molecule has 3 rings (SSSR count). The van der Waals surface area contributed by atoms with E-state index in [9.17, 15) is 0 Å². The van der Waals surface area contributed by atoms with E-state index < -0.39 is 5.60 Å². The topological polar surface area (TPSA) is 113 Å². The second-order valence-corrected chi connectivity index (χ2v) is 6.08. The van der Waals surface area contributed by atoms with Crippen molar-refractivity contribution in [3.8, 4) is 0 Å². The molecule has 3 aromatic carbocycles. The Morgan fingerprint density at radius 1 is 0.615 bits per heavy atom. The minimum atomic E-state index is -1.05. The first kappa shape index (κ1) is 17.8. The first-order valence-electron chi connectivity index (χ1n) is 8.50. The molecule has 0 fully saturated rings. The molecule has 0 heterocycles. The van der Waals surface area contributed by atoms with Crippen LogP contribution in [-0.4, -0.2) is 13.2 Å². The molecular formula is C21H24N4O. The van der Waals surface area contributed by atoms with Gasteiger partial charge in [-0.25, -0.2) is 0 Å². The summed E-state index contributed by atoms with van der Waals surface area (Å²) < 4.78 is 6.41. The molecule has 5 nitrogen and oxygen atoms in total. The maximum Gasteiger partial charge on any atom is 0.149 e. The lowest BCUT2D eigenvalue weighted by Crippen LogP contribution is -2.37. The molecule has 0 saturated carbocycles. The Bertz CT molecular complexity index is 784.